The van der Waals surface area contributed by atoms with Crippen LogP contribution >= 0.6 is 11.3 Å². The Morgan fingerprint density at radius 3 is 2.70 bits per heavy atom. The van der Waals surface area contributed by atoms with Crippen molar-refractivity contribution in [2.75, 3.05) is 23.3 Å². The van der Waals surface area contributed by atoms with E-state index in [0.29, 0.717) is 5.13 Å². The van der Waals surface area contributed by atoms with Crippen molar-refractivity contribution in [1.82, 2.24) is 24.8 Å². The lowest BCUT2D eigenvalue weighted by Crippen LogP contribution is -2.38. The van der Waals surface area contributed by atoms with E-state index in [9.17, 15) is 4.79 Å². The van der Waals surface area contributed by atoms with Gasteiger partial charge in [-0.05, 0) is 31.9 Å². The lowest BCUT2D eigenvalue weighted by Gasteiger charge is -2.31. The Morgan fingerprint density at radius 1 is 1.26 bits per heavy atom. The number of thiazole rings is 1. The zero-order chi connectivity index (χ0) is 19.0. The van der Waals surface area contributed by atoms with E-state index in [2.05, 4.69) is 39.2 Å². The third-order valence-corrected chi connectivity index (χ3v) is 5.66. The van der Waals surface area contributed by atoms with Gasteiger partial charge in [-0.25, -0.2) is 4.98 Å². The minimum absolute atomic E-state index is 0.00956. The lowest BCUT2D eigenvalue weighted by molar-refractivity contribution is -0.120. The number of rotatable bonds is 4. The first-order valence-electron chi connectivity index (χ1n) is 9.22. The first kappa shape index (κ1) is 17.8. The van der Waals surface area contributed by atoms with Crippen LogP contribution in [0.1, 0.15) is 43.3 Å². The van der Waals surface area contributed by atoms with Gasteiger partial charge in [-0.2, -0.15) is 4.52 Å². The summed E-state index contributed by atoms with van der Waals surface area (Å²) in [5.74, 6) is 2.09. The third-order valence-electron chi connectivity index (χ3n) is 4.83. The highest BCUT2D eigenvalue weighted by atomic mass is 32.1. The van der Waals surface area contributed by atoms with Crippen LogP contribution in [0.4, 0.5) is 10.9 Å². The van der Waals surface area contributed by atoms with Gasteiger partial charge in [0.1, 0.15) is 5.82 Å². The van der Waals surface area contributed by atoms with E-state index < -0.39 is 0 Å². The molecule has 3 aromatic heterocycles. The zero-order valence-electron chi connectivity index (χ0n) is 15.7. The van der Waals surface area contributed by atoms with E-state index >= 15 is 0 Å². The van der Waals surface area contributed by atoms with E-state index in [-0.39, 0.29) is 17.7 Å². The number of nitrogens with one attached hydrogen (secondary N) is 1. The van der Waals surface area contributed by atoms with Gasteiger partial charge in [0.25, 0.3) is 0 Å². The summed E-state index contributed by atoms with van der Waals surface area (Å²) in [6.07, 6.45) is 3.38. The number of fused-ring (bicyclic) bond motifs is 1. The molecule has 27 heavy (non-hydrogen) atoms. The number of amides is 1. The second kappa shape index (κ2) is 7.22. The number of carbonyl (C=O) groups is 1. The number of hydrogen-bond acceptors (Lipinski definition) is 7. The molecule has 0 unspecified atom stereocenters. The molecule has 1 saturated heterocycles. The van der Waals surface area contributed by atoms with Crippen molar-refractivity contribution >= 4 is 33.8 Å². The summed E-state index contributed by atoms with van der Waals surface area (Å²) < 4.78 is 1.82. The number of nitrogens with zero attached hydrogens (tertiary/aromatic N) is 6. The molecule has 142 valence electrons. The number of anilines is 2. The molecule has 3 aromatic rings. The summed E-state index contributed by atoms with van der Waals surface area (Å²) in [5, 5.41) is 16.8. The predicted molar refractivity (Wildman–Crippen MR) is 105 cm³/mol. The molecule has 1 aliphatic rings. The molecular weight excluding hydrogens is 362 g/mol. The van der Waals surface area contributed by atoms with E-state index in [1.165, 1.54) is 11.3 Å². The van der Waals surface area contributed by atoms with Crippen LogP contribution < -0.4 is 10.2 Å². The van der Waals surface area contributed by atoms with Gasteiger partial charge in [0.15, 0.2) is 16.6 Å². The number of hydrogen-bond donors (Lipinski definition) is 1. The molecule has 0 saturated carbocycles. The molecule has 1 N–H and O–H groups in total. The summed E-state index contributed by atoms with van der Waals surface area (Å²) in [5.41, 5.74) is 0.760. The average molecular weight is 385 g/mol. The summed E-state index contributed by atoms with van der Waals surface area (Å²) >= 11 is 1.50. The molecule has 8 nitrogen and oxygen atoms in total. The molecule has 0 bridgehead atoms. The monoisotopic (exact) mass is 385 g/mol. The first-order chi connectivity index (χ1) is 13.0. The standard InChI is InChI=1S/C18H23N7OS/c1-11(2)16-22-21-14-4-5-15(23-25(14)16)24-8-6-13(7-9-24)17(26)20-18-19-10-12(3)27-18/h4-5,10-11,13H,6-9H2,1-3H3,(H,19,20,26). The Labute approximate surface area is 161 Å². The van der Waals surface area contributed by atoms with Crippen molar-refractivity contribution in [2.24, 2.45) is 5.92 Å². The van der Waals surface area contributed by atoms with Crippen molar-refractivity contribution in [1.29, 1.82) is 0 Å². The summed E-state index contributed by atoms with van der Waals surface area (Å²) in [6.45, 7) is 7.74. The van der Waals surface area contributed by atoms with Gasteiger partial charge in [-0.3, -0.25) is 4.79 Å². The number of aryl methyl sites for hydroxylation is 1. The maximum Gasteiger partial charge on any atom is 0.229 e. The van der Waals surface area contributed by atoms with Gasteiger partial charge in [0.2, 0.25) is 5.91 Å². The van der Waals surface area contributed by atoms with Gasteiger partial charge >= 0.3 is 0 Å². The highest BCUT2D eigenvalue weighted by molar-refractivity contribution is 7.15. The molecule has 4 rings (SSSR count). The zero-order valence-corrected chi connectivity index (χ0v) is 16.5. The number of piperidine rings is 1. The third kappa shape index (κ3) is 3.64. The van der Waals surface area contributed by atoms with Gasteiger partial charge in [0, 0.05) is 36.0 Å². The molecule has 1 aliphatic heterocycles. The second-order valence-electron chi connectivity index (χ2n) is 7.20. The highest BCUT2D eigenvalue weighted by Gasteiger charge is 2.26. The largest absolute Gasteiger partial charge is 0.355 e. The van der Waals surface area contributed by atoms with Gasteiger partial charge in [0.05, 0.1) is 0 Å². The van der Waals surface area contributed by atoms with E-state index in [1.807, 2.05) is 23.6 Å². The van der Waals surface area contributed by atoms with Crippen LogP contribution in [0.5, 0.6) is 0 Å². The molecule has 0 aliphatic carbocycles. The van der Waals surface area contributed by atoms with E-state index in [4.69, 9.17) is 5.10 Å². The Kier molecular flexibility index (Phi) is 4.77. The summed E-state index contributed by atoms with van der Waals surface area (Å²) in [7, 11) is 0. The molecule has 0 radical (unpaired) electrons. The maximum absolute atomic E-state index is 12.5. The van der Waals surface area contributed by atoms with Crippen molar-refractivity contribution in [3.8, 4) is 0 Å². The van der Waals surface area contributed by atoms with E-state index in [0.717, 1.165) is 48.1 Å². The Balaban J connectivity index is 1.42. The fourth-order valence-corrected chi connectivity index (χ4v) is 3.98. The minimum Gasteiger partial charge on any atom is -0.355 e. The molecule has 0 spiro atoms. The van der Waals surface area contributed by atoms with Crippen molar-refractivity contribution in [3.05, 3.63) is 29.0 Å². The maximum atomic E-state index is 12.5. The Hall–Kier alpha value is -2.55. The van der Waals surface area contributed by atoms with Gasteiger partial charge < -0.3 is 10.2 Å². The van der Waals surface area contributed by atoms with Crippen LogP contribution in [-0.4, -0.2) is 43.8 Å². The Morgan fingerprint density at radius 2 is 2.04 bits per heavy atom. The quantitative estimate of drug-likeness (QED) is 0.743. The predicted octanol–water partition coefficient (Wildman–Crippen LogP) is 2.87. The van der Waals surface area contributed by atoms with Crippen LogP contribution in [0.25, 0.3) is 5.65 Å². The van der Waals surface area contributed by atoms with Gasteiger partial charge in [-0.1, -0.05) is 13.8 Å². The molecule has 9 heteroatoms. The lowest BCUT2D eigenvalue weighted by atomic mass is 9.96. The van der Waals surface area contributed by atoms with E-state index in [1.54, 1.807) is 6.20 Å². The molecule has 0 atom stereocenters. The van der Waals surface area contributed by atoms with Crippen LogP contribution in [0.3, 0.4) is 0 Å². The van der Waals surface area contributed by atoms with Crippen LogP contribution in [-0.2, 0) is 4.79 Å². The first-order valence-corrected chi connectivity index (χ1v) is 10.0. The molecule has 1 amide bonds. The molecule has 4 heterocycles. The number of carbonyl (C=O) groups excluding carboxylic acids is 1. The van der Waals surface area contributed by atoms with Crippen LogP contribution in [0, 0.1) is 12.8 Å². The fraction of sp³-hybridized carbons (Fsp3) is 0.500. The van der Waals surface area contributed by atoms with Gasteiger partial charge in [-0.15, -0.1) is 26.6 Å². The summed E-state index contributed by atoms with van der Waals surface area (Å²) in [6, 6.07) is 3.93. The average Bonchev–Trinajstić information content (AvgIpc) is 3.27. The molecular formula is C18H23N7OS. The number of aromatic nitrogens is 5. The Bertz CT molecular complexity index is 956. The van der Waals surface area contributed by atoms with Crippen molar-refractivity contribution < 1.29 is 4.79 Å². The van der Waals surface area contributed by atoms with Crippen molar-refractivity contribution in [2.45, 2.75) is 39.5 Å². The topological polar surface area (TPSA) is 88.3 Å². The SMILES string of the molecule is Cc1cnc(NC(=O)C2CCN(c3ccc4nnc(C(C)C)n4n3)CC2)s1. The van der Waals surface area contributed by atoms with Crippen LogP contribution in [0.2, 0.25) is 0 Å². The molecule has 1 fully saturated rings. The molecule has 0 aromatic carbocycles. The normalized spacial score (nSPS) is 15.6. The smallest absolute Gasteiger partial charge is 0.229 e. The summed E-state index contributed by atoms with van der Waals surface area (Å²) in [4.78, 5) is 20.0. The highest BCUT2D eigenvalue weighted by Crippen LogP contribution is 2.25. The van der Waals surface area contributed by atoms with Crippen LogP contribution in [0.15, 0.2) is 18.3 Å². The fourth-order valence-electron chi connectivity index (χ4n) is 3.32. The second-order valence-corrected chi connectivity index (χ2v) is 8.44. The minimum atomic E-state index is 0.00956. The van der Waals surface area contributed by atoms with Crippen molar-refractivity contribution in [3.63, 3.8) is 0 Å².